The van der Waals surface area contributed by atoms with E-state index in [1.807, 2.05) is 46.7 Å². The van der Waals surface area contributed by atoms with E-state index >= 15 is 0 Å². The third kappa shape index (κ3) is 2.87. The minimum Gasteiger partial charge on any atom is -0.291 e. The molecule has 0 saturated heterocycles. The van der Waals surface area contributed by atoms with Crippen LogP contribution in [0.25, 0.3) is 5.65 Å². The van der Waals surface area contributed by atoms with Gasteiger partial charge < -0.3 is 0 Å². The quantitative estimate of drug-likeness (QED) is 0.526. The lowest BCUT2D eigenvalue weighted by atomic mass is 10.1. The first-order valence-corrected chi connectivity index (χ1v) is 8.83. The van der Waals surface area contributed by atoms with E-state index in [2.05, 4.69) is 25.2 Å². The Morgan fingerprint density at radius 2 is 2.00 bits per heavy atom. The maximum Gasteiger partial charge on any atom is 0.183 e. The largest absolute Gasteiger partial charge is 0.291 e. The summed E-state index contributed by atoms with van der Waals surface area (Å²) in [6.45, 7) is 4.04. The van der Waals surface area contributed by atoms with Gasteiger partial charge >= 0.3 is 0 Å². The lowest BCUT2D eigenvalue weighted by molar-refractivity contribution is 0.216. The molecule has 27 heavy (non-hydrogen) atoms. The first-order valence-electron chi connectivity index (χ1n) is 8.83. The van der Waals surface area contributed by atoms with Crippen LogP contribution in [-0.2, 0) is 13.1 Å². The molecular weight excluding hydrogens is 345 g/mol. The Kier molecular flexibility index (Phi) is 3.71. The molecule has 136 valence electrons. The highest BCUT2D eigenvalue weighted by Crippen LogP contribution is 2.29. The van der Waals surface area contributed by atoms with Gasteiger partial charge in [0.05, 0.1) is 17.9 Å². The Morgan fingerprint density at radius 3 is 2.74 bits per heavy atom. The molecule has 0 N–H and O–H groups in total. The van der Waals surface area contributed by atoms with Crippen molar-refractivity contribution in [3.63, 3.8) is 0 Å². The molecule has 0 saturated carbocycles. The van der Waals surface area contributed by atoms with Gasteiger partial charge in [0.25, 0.3) is 0 Å². The van der Waals surface area contributed by atoms with Gasteiger partial charge in [-0.2, -0.15) is 5.10 Å². The van der Waals surface area contributed by atoms with Gasteiger partial charge in [0, 0.05) is 43.8 Å². The molecule has 0 spiro atoms. The Balaban J connectivity index is 1.42. The van der Waals surface area contributed by atoms with Crippen molar-refractivity contribution in [3.05, 3.63) is 77.5 Å². The fraction of sp³-hybridized carbons (Fsp3) is 0.263. The molecule has 0 amide bonds. The summed E-state index contributed by atoms with van der Waals surface area (Å²) in [6, 6.07) is 6.91. The molecule has 0 radical (unpaired) electrons. The van der Waals surface area contributed by atoms with Crippen LogP contribution in [0.3, 0.4) is 0 Å². The lowest BCUT2D eigenvalue weighted by Crippen LogP contribution is -2.33. The van der Waals surface area contributed by atoms with E-state index in [9.17, 15) is 4.39 Å². The normalized spacial score (nSPS) is 15.4. The maximum atomic E-state index is 13.3. The number of aryl methyl sites for hydroxylation is 1. The number of aromatic nitrogens is 6. The second-order valence-electron chi connectivity index (χ2n) is 6.88. The number of benzene rings is 1. The first-order chi connectivity index (χ1) is 13.2. The first kappa shape index (κ1) is 16.1. The topological polar surface area (TPSA) is 64.1 Å². The third-order valence-electron chi connectivity index (χ3n) is 5.02. The highest BCUT2D eigenvalue weighted by atomic mass is 19.1. The molecule has 2 aliphatic heterocycles. The summed E-state index contributed by atoms with van der Waals surface area (Å²) in [5, 5.41) is 12.7. The van der Waals surface area contributed by atoms with Crippen molar-refractivity contribution in [3.8, 4) is 0 Å². The van der Waals surface area contributed by atoms with E-state index in [4.69, 9.17) is 0 Å². The standard InChI is InChI=1S/C19H18FN7/c1-13-23-24-19-17(21-6-7-26(13)19)11-25(9-14-2-4-16(20)5-3-14)12-18-15-8-22-27(18)10-15/h2-8,10,18H,9,11-12H2,1H3. The molecule has 6 rings (SSSR count). The zero-order chi connectivity index (χ0) is 18.4. The summed E-state index contributed by atoms with van der Waals surface area (Å²) >= 11 is 0. The molecule has 2 bridgehead atoms. The number of hydrogen-bond acceptors (Lipinski definition) is 5. The van der Waals surface area contributed by atoms with Crippen molar-refractivity contribution in [1.29, 1.82) is 0 Å². The van der Waals surface area contributed by atoms with E-state index in [1.54, 1.807) is 6.20 Å². The van der Waals surface area contributed by atoms with Crippen LogP contribution >= 0.6 is 0 Å². The summed E-state index contributed by atoms with van der Waals surface area (Å²) in [7, 11) is 0. The van der Waals surface area contributed by atoms with Gasteiger partial charge in [0.1, 0.15) is 11.6 Å². The van der Waals surface area contributed by atoms with Gasteiger partial charge in [0.2, 0.25) is 0 Å². The Morgan fingerprint density at radius 1 is 1.15 bits per heavy atom. The summed E-state index contributed by atoms with van der Waals surface area (Å²) in [5.74, 6) is 0.609. The average molecular weight is 363 g/mol. The zero-order valence-electron chi connectivity index (χ0n) is 14.8. The summed E-state index contributed by atoms with van der Waals surface area (Å²) < 4.78 is 17.2. The summed E-state index contributed by atoms with van der Waals surface area (Å²) in [5.41, 5.74) is 3.93. The third-order valence-corrected chi connectivity index (χ3v) is 5.02. The number of fused-ring (bicyclic) bond motifs is 2. The monoisotopic (exact) mass is 363 g/mol. The van der Waals surface area contributed by atoms with Gasteiger partial charge in [-0.3, -0.25) is 19.0 Å². The van der Waals surface area contributed by atoms with Crippen molar-refractivity contribution in [1.82, 2.24) is 34.3 Å². The fourth-order valence-corrected chi connectivity index (χ4v) is 3.55. The van der Waals surface area contributed by atoms with Crippen molar-refractivity contribution >= 4 is 5.65 Å². The van der Waals surface area contributed by atoms with Crippen LogP contribution in [-0.4, -0.2) is 40.8 Å². The van der Waals surface area contributed by atoms with E-state index < -0.39 is 0 Å². The van der Waals surface area contributed by atoms with Crippen LogP contribution in [0.5, 0.6) is 0 Å². The second kappa shape index (κ2) is 6.24. The molecule has 2 aliphatic rings. The number of halogens is 1. The molecule has 1 unspecified atom stereocenters. The van der Waals surface area contributed by atoms with Gasteiger partial charge in [-0.1, -0.05) is 12.1 Å². The molecule has 1 aromatic carbocycles. The van der Waals surface area contributed by atoms with Gasteiger partial charge in [-0.05, 0) is 24.6 Å². The predicted octanol–water partition coefficient (Wildman–Crippen LogP) is 2.37. The molecule has 3 aromatic heterocycles. The van der Waals surface area contributed by atoms with Crippen molar-refractivity contribution in [2.75, 3.05) is 6.54 Å². The predicted molar refractivity (Wildman–Crippen MR) is 96.4 cm³/mol. The molecule has 5 heterocycles. The van der Waals surface area contributed by atoms with E-state index in [1.165, 1.54) is 17.7 Å². The SMILES string of the molecule is Cc1nnc2c(CN(Cc3ccc(F)cc3)CC3c4cnn3c4)nccn12. The second-order valence-corrected chi connectivity index (χ2v) is 6.88. The molecule has 0 aliphatic carbocycles. The van der Waals surface area contributed by atoms with Gasteiger partial charge in [-0.15, -0.1) is 10.2 Å². The van der Waals surface area contributed by atoms with Crippen LogP contribution in [0.1, 0.15) is 28.7 Å². The molecule has 7 nitrogen and oxygen atoms in total. The summed E-state index contributed by atoms with van der Waals surface area (Å²) in [6.07, 6.45) is 7.59. The Labute approximate surface area is 155 Å². The smallest absolute Gasteiger partial charge is 0.183 e. The lowest BCUT2D eigenvalue weighted by Gasteiger charge is -2.29. The van der Waals surface area contributed by atoms with Gasteiger partial charge in [0.15, 0.2) is 5.65 Å². The minimum atomic E-state index is -0.225. The highest BCUT2D eigenvalue weighted by molar-refractivity contribution is 5.43. The minimum absolute atomic E-state index is 0.225. The van der Waals surface area contributed by atoms with Crippen LogP contribution in [0, 0.1) is 12.7 Å². The molecule has 1 atom stereocenters. The van der Waals surface area contributed by atoms with Crippen LogP contribution in [0.2, 0.25) is 0 Å². The van der Waals surface area contributed by atoms with Crippen molar-refractivity contribution in [2.45, 2.75) is 26.1 Å². The molecule has 0 fully saturated rings. The zero-order valence-corrected chi connectivity index (χ0v) is 14.8. The van der Waals surface area contributed by atoms with E-state index in [-0.39, 0.29) is 11.9 Å². The summed E-state index contributed by atoms with van der Waals surface area (Å²) in [4.78, 5) is 6.83. The fourth-order valence-electron chi connectivity index (χ4n) is 3.55. The number of nitrogens with zero attached hydrogens (tertiary/aromatic N) is 7. The van der Waals surface area contributed by atoms with Crippen molar-refractivity contribution < 1.29 is 4.39 Å². The van der Waals surface area contributed by atoms with Crippen molar-refractivity contribution in [2.24, 2.45) is 0 Å². The van der Waals surface area contributed by atoms with Crippen LogP contribution in [0.15, 0.2) is 49.1 Å². The van der Waals surface area contributed by atoms with Gasteiger partial charge in [-0.25, -0.2) is 4.39 Å². The Hall–Kier alpha value is -3.13. The molecular formula is C19H18FN7. The van der Waals surface area contributed by atoms with Crippen LogP contribution < -0.4 is 0 Å². The van der Waals surface area contributed by atoms with E-state index in [0.717, 1.165) is 29.3 Å². The Bertz CT molecular complexity index is 1070. The van der Waals surface area contributed by atoms with E-state index in [0.29, 0.717) is 13.1 Å². The molecule has 8 heteroatoms. The highest BCUT2D eigenvalue weighted by Gasteiger charge is 2.28. The molecule has 4 aromatic rings. The number of rotatable bonds is 6. The number of hydrogen-bond donors (Lipinski definition) is 0. The van der Waals surface area contributed by atoms with Crippen LogP contribution in [0.4, 0.5) is 4.39 Å². The average Bonchev–Trinajstić information content (AvgIpc) is 3.39. The maximum absolute atomic E-state index is 13.3.